The summed E-state index contributed by atoms with van der Waals surface area (Å²) in [5.74, 6) is -1.04. The molecule has 16 heteroatoms. The number of hydrogen-bond donors (Lipinski definition) is 2. The van der Waals surface area contributed by atoms with E-state index in [0.29, 0.717) is 48.9 Å². The fourth-order valence-corrected chi connectivity index (χ4v) is 10.5. The predicted octanol–water partition coefficient (Wildman–Crippen LogP) is 8.40. The Morgan fingerprint density at radius 3 is 2.31 bits per heavy atom. The number of nitrogens with one attached hydrogen (secondary N) is 2. The Kier molecular flexibility index (Phi) is 12.7. The molecule has 13 nitrogen and oxygen atoms in total. The summed E-state index contributed by atoms with van der Waals surface area (Å²) in [6.07, 6.45) is 1.12. The molecule has 2 N–H and O–H groups in total. The second-order valence-electron chi connectivity index (χ2n) is 17.6. The van der Waals surface area contributed by atoms with Gasteiger partial charge in [-0.1, -0.05) is 75.4 Å². The van der Waals surface area contributed by atoms with Crippen LogP contribution < -0.4 is 10.6 Å². The average Bonchev–Trinajstić information content (AvgIpc) is 4.08. The number of aromatic nitrogens is 4. The van der Waals surface area contributed by atoms with Gasteiger partial charge in [0.2, 0.25) is 11.8 Å². The molecule has 6 aromatic rings. The zero-order valence-electron chi connectivity index (χ0n) is 37.6. The zero-order valence-corrected chi connectivity index (χ0v) is 39.2. The second kappa shape index (κ2) is 18.2. The molecule has 3 atom stereocenters. The molecule has 2 aliphatic heterocycles. The van der Waals surface area contributed by atoms with Crippen LogP contribution in [0.3, 0.4) is 0 Å². The fraction of sp³-hybridized carbons (Fsp3) is 0.347. The summed E-state index contributed by atoms with van der Waals surface area (Å²) in [4.78, 5) is 67.3. The van der Waals surface area contributed by atoms with Crippen molar-refractivity contribution in [1.82, 2.24) is 35.3 Å². The van der Waals surface area contributed by atoms with Gasteiger partial charge < -0.3 is 20.3 Å². The third-order valence-electron chi connectivity index (χ3n) is 12.2. The highest BCUT2D eigenvalue weighted by molar-refractivity contribution is 7.15. The summed E-state index contributed by atoms with van der Waals surface area (Å²) in [6, 6.07) is 17.2. The highest BCUT2D eigenvalue weighted by atomic mass is 32.1. The van der Waals surface area contributed by atoms with E-state index in [0.717, 1.165) is 48.3 Å². The zero-order chi connectivity index (χ0) is 46.3. The van der Waals surface area contributed by atoms with Crippen LogP contribution in [0.4, 0.5) is 4.39 Å². The summed E-state index contributed by atoms with van der Waals surface area (Å²) in [5.41, 5.74) is 8.36. The van der Waals surface area contributed by atoms with Crippen LogP contribution in [0.5, 0.6) is 0 Å². The molecule has 1 unspecified atom stereocenters. The minimum absolute atomic E-state index is 0.0273. The number of fused-ring (bicyclic) bond motifs is 3. The number of amides is 3. The minimum atomic E-state index is -0.989. The Bertz CT molecular complexity index is 2840. The first kappa shape index (κ1) is 45.2. The monoisotopic (exact) mass is 914 g/mol. The van der Waals surface area contributed by atoms with Gasteiger partial charge in [-0.3, -0.25) is 28.7 Å². The highest BCUT2D eigenvalue weighted by Crippen LogP contribution is 2.40. The number of hydrogen-bond acceptors (Lipinski definition) is 11. The number of likely N-dealkylation sites (tertiary alicyclic amines) is 1. The number of ether oxygens (including phenoxy) is 1. The Morgan fingerprint density at radius 2 is 1.65 bits per heavy atom. The van der Waals surface area contributed by atoms with E-state index in [4.69, 9.17) is 9.73 Å². The van der Waals surface area contributed by atoms with Gasteiger partial charge in [0, 0.05) is 40.2 Å². The van der Waals surface area contributed by atoms with E-state index in [1.807, 2.05) is 94.9 Å². The normalized spacial score (nSPS) is 16.3. The van der Waals surface area contributed by atoms with Gasteiger partial charge in [-0.2, -0.15) is 0 Å². The average molecular weight is 915 g/mol. The van der Waals surface area contributed by atoms with Crippen LogP contribution in [0.1, 0.15) is 101 Å². The van der Waals surface area contributed by atoms with E-state index in [2.05, 4.69) is 25.8 Å². The standard InChI is InChI=1S/C49H51FN8O5S2/c1-26-28(3)65-48-40(26)41(53-37(23-39(59)63-8)44-56-55-29(4)58(44)48)32-17-15-31(16-18-32)35-20-19-34(22-36(35)50)45(60)54-43(49(5,6)7)47(62)57-21-9-10-38(57)46(61)51-24-30-11-13-33(14-12-30)42-27(2)52-25-64-42/h11-20,22,25,37-38,43H,9-10,21,23-24H2,1-8H3,(H,51,61)(H,54,60)/t37-,38-,43?/m0/s1. The number of aliphatic imine (C=N–C) groups is 1. The first-order valence-electron chi connectivity index (χ1n) is 21.5. The summed E-state index contributed by atoms with van der Waals surface area (Å²) in [6.45, 7) is 14.2. The third-order valence-corrected chi connectivity index (χ3v) is 14.4. The van der Waals surface area contributed by atoms with Crippen molar-refractivity contribution in [2.24, 2.45) is 10.4 Å². The molecule has 0 aliphatic carbocycles. The van der Waals surface area contributed by atoms with E-state index in [9.17, 15) is 19.2 Å². The molecule has 0 saturated carbocycles. The SMILES string of the molecule is COC(=O)C[C@@H]1N=C(c2ccc(-c3ccc(C(=O)NC(C(=O)N4CCC[C@H]4C(=O)NCc4ccc(-c5scnc5C)cc4)C(C)(C)C)cc3F)cc2)c2c(sc(C)c2C)-n2c(C)nnc21. The van der Waals surface area contributed by atoms with Crippen LogP contribution >= 0.6 is 22.7 Å². The highest BCUT2D eigenvalue weighted by Gasteiger charge is 2.42. The lowest BCUT2D eigenvalue weighted by Gasteiger charge is -2.35. The van der Waals surface area contributed by atoms with Gasteiger partial charge in [0.05, 0.1) is 35.3 Å². The van der Waals surface area contributed by atoms with Crippen molar-refractivity contribution in [2.45, 2.75) is 92.4 Å². The molecule has 3 aromatic carbocycles. The van der Waals surface area contributed by atoms with Crippen molar-refractivity contribution in [3.63, 3.8) is 0 Å². The summed E-state index contributed by atoms with van der Waals surface area (Å²) in [7, 11) is 1.34. The van der Waals surface area contributed by atoms with Crippen LogP contribution in [-0.2, 0) is 25.7 Å². The predicted molar refractivity (Wildman–Crippen MR) is 250 cm³/mol. The lowest BCUT2D eigenvalue weighted by Crippen LogP contribution is -2.57. The Balaban J connectivity index is 0.967. The molecule has 1 saturated heterocycles. The molecule has 8 rings (SSSR count). The number of esters is 1. The molecule has 1 fully saturated rings. The topological polar surface area (TPSA) is 161 Å². The molecular formula is C49H51FN8O5S2. The number of thiazole rings is 1. The second-order valence-corrected chi connectivity index (χ2v) is 19.7. The van der Waals surface area contributed by atoms with Gasteiger partial charge in [0.25, 0.3) is 5.91 Å². The van der Waals surface area contributed by atoms with Crippen LogP contribution in [0.2, 0.25) is 0 Å². The van der Waals surface area contributed by atoms with Crippen LogP contribution in [0, 0.1) is 38.9 Å². The lowest BCUT2D eigenvalue weighted by molar-refractivity contribution is -0.142. The third kappa shape index (κ3) is 9.01. The summed E-state index contributed by atoms with van der Waals surface area (Å²) < 4.78 is 23.0. The maximum atomic E-state index is 16.0. The molecule has 5 heterocycles. The van der Waals surface area contributed by atoms with Crippen molar-refractivity contribution in [3.8, 4) is 26.6 Å². The molecule has 2 aliphatic rings. The fourth-order valence-electron chi connectivity index (χ4n) is 8.46. The quantitative estimate of drug-likeness (QED) is 0.123. The number of halogens is 1. The largest absolute Gasteiger partial charge is 0.469 e. The van der Waals surface area contributed by atoms with Crippen molar-refractivity contribution in [3.05, 3.63) is 128 Å². The number of thiophene rings is 1. The van der Waals surface area contributed by atoms with E-state index in [1.165, 1.54) is 19.2 Å². The maximum absolute atomic E-state index is 16.0. The molecule has 3 amide bonds. The van der Waals surface area contributed by atoms with E-state index in [-0.39, 0.29) is 29.4 Å². The van der Waals surface area contributed by atoms with Gasteiger partial charge in [-0.25, -0.2) is 9.37 Å². The van der Waals surface area contributed by atoms with E-state index >= 15 is 4.39 Å². The molecule has 0 radical (unpaired) electrons. The smallest absolute Gasteiger partial charge is 0.308 e. The van der Waals surface area contributed by atoms with Crippen molar-refractivity contribution in [2.75, 3.05) is 13.7 Å². The molecule has 65 heavy (non-hydrogen) atoms. The number of aryl methyl sites for hydroxylation is 3. The number of carbonyl (C=O) groups is 4. The Hall–Kier alpha value is -6.39. The first-order valence-corrected chi connectivity index (χ1v) is 23.2. The molecule has 0 spiro atoms. The Morgan fingerprint density at radius 1 is 0.938 bits per heavy atom. The lowest BCUT2D eigenvalue weighted by atomic mass is 9.85. The number of carbonyl (C=O) groups excluding carboxylic acids is 4. The van der Waals surface area contributed by atoms with E-state index in [1.54, 1.807) is 45.8 Å². The Labute approximate surface area is 385 Å². The van der Waals surface area contributed by atoms with Gasteiger partial charge in [0.1, 0.15) is 34.8 Å². The van der Waals surface area contributed by atoms with Crippen molar-refractivity contribution >= 4 is 52.1 Å². The molecular weight excluding hydrogens is 864 g/mol. The van der Waals surface area contributed by atoms with Crippen LogP contribution in [0.25, 0.3) is 26.6 Å². The first-order chi connectivity index (χ1) is 31.0. The summed E-state index contributed by atoms with van der Waals surface area (Å²) in [5, 5.41) is 15.5. The molecule has 3 aromatic heterocycles. The van der Waals surface area contributed by atoms with Crippen LogP contribution in [-0.4, -0.2) is 79.8 Å². The van der Waals surface area contributed by atoms with Crippen LogP contribution in [0.15, 0.2) is 77.2 Å². The number of benzene rings is 3. The molecule has 0 bridgehead atoms. The van der Waals surface area contributed by atoms with Crippen molar-refractivity contribution < 1.29 is 28.3 Å². The maximum Gasteiger partial charge on any atom is 0.308 e. The number of methoxy groups -OCH3 is 1. The minimum Gasteiger partial charge on any atom is -0.469 e. The van der Waals surface area contributed by atoms with Gasteiger partial charge in [-0.15, -0.1) is 32.9 Å². The van der Waals surface area contributed by atoms with Gasteiger partial charge in [0.15, 0.2) is 5.82 Å². The van der Waals surface area contributed by atoms with Gasteiger partial charge in [-0.05, 0) is 80.3 Å². The number of nitrogens with zero attached hydrogens (tertiary/aromatic N) is 6. The number of rotatable bonds is 11. The van der Waals surface area contributed by atoms with E-state index < -0.39 is 41.2 Å². The van der Waals surface area contributed by atoms with Gasteiger partial charge >= 0.3 is 5.97 Å². The van der Waals surface area contributed by atoms with Crippen molar-refractivity contribution in [1.29, 1.82) is 0 Å². The summed E-state index contributed by atoms with van der Waals surface area (Å²) >= 11 is 3.18. The molecule has 336 valence electrons.